The molecule has 0 saturated carbocycles. The van der Waals surface area contributed by atoms with Crippen LogP contribution < -0.4 is 15.0 Å². The third kappa shape index (κ3) is 3.70. The first-order valence-corrected chi connectivity index (χ1v) is 10.2. The van der Waals surface area contributed by atoms with Crippen LogP contribution in [0.15, 0.2) is 64.8 Å². The molecular weight excluding hydrogens is 381 g/mol. The van der Waals surface area contributed by atoms with Crippen LogP contribution in [0.25, 0.3) is 0 Å². The molecule has 6 heteroatoms. The molecule has 2 aromatic rings. The van der Waals surface area contributed by atoms with Gasteiger partial charge in [0.25, 0.3) is 5.91 Å². The maximum atomic E-state index is 13.7. The summed E-state index contributed by atoms with van der Waals surface area (Å²) < 4.78 is 18.9. The highest BCUT2D eigenvalue weighted by Gasteiger charge is 2.45. The van der Waals surface area contributed by atoms with Gasteiger partial charge in [0, 0.05) is 23.5 Å². The van der Waals surface area contributed by atoms with Gasteiger partial charge >= 0.3 is 0 Å². The lowest BCUT2D eigenvalue weighted by molar-refractivity contribution is -0.112. The number of carbonyl (C=O) groups is 1. The van der Waals surface area contributed by atoms with Crippen LogP contribution in [0.5, 0.6) is 5.75 Å². The van der Waals surface area contributed by atoms with Crippen LogP contribution in [0.1, 0.15) is 31.9 Å². The van der Waals surface area contributed by atoms with Gasteiger partial charge in [-0.3, -0.25) is 14.7 Å². The van der Waals surface area contributed by atoms with Crippen molar-refractivity contribution >= 4 is 17.3 Å². The topological polar surface area (TPSA) is 53.9 Å². The first kappa shape index (κ1) is 20.1. The number of methoxy groups -OCH3 is 1. The van der Waals surface area contributed by atoms with E-state index in [1.165, 1.54) is 12.1 Å². The van der Waals surface area contributed by atoms with Gasteiger partial charge in [0.2, 0.25) is 0 Å². The highest BCUT2D eigenvalue weighted by atomic mass is 19.1. The Morgan fingerprint density at radius 1 is 1.17 bits per heavy atom. The average molecular weight is 407 g/mol. The molecule has 2 aliphatic heterocycles. The van der Waals surface area contributed by atoms with E-state index in [2.05, 4.69) is 24.2 Å². The lowest BCUT2D eigenvalue weighted by atomic mass is 9.93. The van der Waals surface area contributed by atoms with Gasteiger partial charge in [-0.15, -0.1) is 0 Å². The van der Waals surface area contributed by atoms with Gasteiger partial charge in [-0.2, -0.15) is 0 Å². The fourth-order valence-corrected chi connectivity index (χ4v) is 4.10. The summed E-state index contributed by atoms with van der Waals surface area (Å²) >= 11 is 0. The zero-order valence-electron chi connectivity index (χ0n) is 17.5. The first-order chi connectivity index (χ1) is 14.5. The van der Waals surface area contributed by atoms with Crippen LogP contribution in [0.3, 0.4) is 0 Å². The number of rotatable bonds is 5. The predicted molar refractivity (Wildman–Crippen MR) is 116 cm³/mol. The summed E-state index contributed by atoms with van der Waals surface area (Å²) in [4.78, 5) is 19.9. The molecule has 0 radical (unpaired) electrons. The number of nitrogens with one attached hydrogen (secondary N) is 1. The van der Waals surface area contributed by atoms with E-state index in [0.717, 1.165) is 34.7 Å². The fraction of sp³-hybridized carbons (Fsp3) is 0.333. The standard InChI is InChI=1S/C24H26FN3O2/c1-15(2)14-20-21-22(27-13-12-26-20)24(29)28(18-8-10-19(30-3)11-9-18)23(21)16-4-6-17(25)7-5-16/h4-11,15,23,26H,12-14H2,1-3H3. The van der Waals surface area contributed by atoms with Crippen LogP contribution in [0.4, 0.5) is 10.1 Å². The molecule has 156 valence electrons. The molecule has 4 rings (SSSR count). The summed E-state index contributed by atoms with van der Waals surface area (Å²) in [6.45, 7) is 5.55. The minimum atomic E-state index is -0.371. The Morgan fingerprint density at radius 2 is 1.87 bits per heavy atom. The molecule has 0 aliphatic carbocycles. The van der Waals surface area contributed by atoms with E-state index < -0.39 is 0 Å². The van der Waals surface area contributed by atoms with Gasteiger partial charge in [-0.25, -0.2) is 4.39 Å². The second kappa shape index (κ2) is 8.30. The van der Waals surface area contributed by atoms with Crippen molar-refractivity contribution in [1.82, 2.24) is 5.32 Å². The maximum Gasteiger partial charge on any atom is 0.277 e. The number of aliphatic imine (C=N–C) groups is 1. The van der Waals surface area contributed by atoms with E-state index in [4.69, 9.17) is 4.74 Å². The smallest absolute Gasteiger partial charge is 0.277 e. The highest BCUT2D eigenvalue weighted by molar-refractivity contribution is 6.53. The van der Waals surface area contributed by atoms with E-state index >= 15 is 0 Å². The second-order valence-electron chi connectivity index (χ2n) is 7.97. The van der Waals surface area contributed by atoms with Gasteiger partial charge < -0.3 is 10.1 Å². The molecule has 1 N–H and O–H groups in total. The molecule has 1 amide bonds. The van der Waals surface area contributed by atoms with Gasteiger partial charge in [-0.05, 0) is 54.3 Å². The summed E-state index contributed by atoms with van der Waals surface area (Å²) in [7, 11) is 1.61. The number of hydrogen-bond donors (Lipinski definition) is 1. The molecule has 2 heterocycles. The van der Waals surface area contributed by atoms with Crippen LogP contribution in [-0.2, 0) is 4.79 Å². The normalized spacial score (nSPS) is 18.8. The number of benzene rings is 2. The summed E-state index contributed by atoms with van der Waals surface area (Å²) in [6, 6.07) is 13.4. The predicted octanol–water partition coefficient (Wildman–Crippen LogP) is 4.27. The monoisotopic (exact) mass is 407 g/mol. The van der Waals surface area contributed by atoms with E-state index in [9.17, 15) is 9.18 Å². The van der Waals surface area contributed by atoms with Crippen molar-refractivity contribution < 1.29 is 13.9 Å². The van der Waals surface area contributed by atoms with Crippen LogP contribution in [0, 0.1) is 11.7 Å². The quantitative estimate of drug-likeness (QED) is 0.806. The van der Waals surface area contributed by atoms with Gasteiger partial charge in [0.15, 0.2) is 0 Å². The third-order valence-electron chi connectivity index (χ3n) is 5.40. The molecule has 0 spiro atoms. The zero-order chi connectivity index (χ0) is 21.3. The van der Waals surface area contributed by atoms with Crippen molar-refractivity contribution in [3.05, 3.63) is 71.2 Å². The molecule has 1 atom stereocenters. The number of amides is 1. The van der Waals surface area contributed by atoms with Crippen molar-refractivity contribution in [2.45, 2.75) is 26.3 Å². The van der Waals surface area contributed by atoms with E-state index in [1.54, 1.807) is 24.1 Å². The number of nitrogens with zero attached hydrogens (tertiary/aromatic N) is 2. The summed E-state index contributed by atoms with van der Waals surface area (Å²) in [5.74, 6) is 0.702. The molecule has 2 aliphatic rings. The Bertz CT molecular complexity index is 994. The van der Waals surface area contributed by atoms with Crippen molar-refractivity contribution in [3.8, 4) is 5.75 Å². The van der Waals surface area contributed by atoms with Crippen LogP contribution in [-0.4, -0.2) is 31.8 Å². The molecule has 1 unspecified atom stereocenters. The Kier molecular flexibility index (Phi) is 5.57. The van der Waals surface area contributed by atoms with Crippen molar-refractivity contribution in [3.63, 3.8) is 0 Å². The fourth-order valence-electron chi connectivity index (χ4n) is 4.10. The summed E-state index contributed by atoms with van der Waals surface area (Å²) in [6.07, 6.45) is 0.815. The lowest BCUT2D eigenvalue weighted by Crippen LogP contribution is -2.30. The van der Waals surface area contributed by atoms with Gasteiger partial charge in [0.1, 0.15) is 17.3 Å². The number of ether oxygens (including phenoxy) is 1. The Balaban J connectivity index is 1.91. The average Bonchev–Trinajstić information content (AvgIpc) is 2.88. The zero-order valence-corrected chi connectivity index (χ0v) is 17.5. The third-order valence-corrected chi connectivity index (χ3v) is 5.40. The maximum absolute atomic E-state index is 13.7. The molecule has 0 bridgehead atoms. The molecule has 1 saturated heterocycles. The SMILES string of the molecule is COc1ccc(N2C(=O)C3=NCCNC(CC(C)C)=C3C2c2ccc(F)cc2)cc1. The van der Waals surface area contributed by atoms with Crippen molar-refractivity contribution in [2.75, 3.05) is 25.1 Å². The van der Waals surface area contributed by atoms with E-state index in [1.807, 2.05) is 24.3 Å². The van der Waals surface area contributed by atoms with Crippen molar-refractivity contribution in [1.29, 1.82) is 0 Å². The molecule has 0 aromatic heterocycles. The number of hydrogen-bond acceptors (Lipinski definition) is 4. The minimum Gasteiger partial charge on any atom is -0.497 e. The molecule has 2 aromatic carbocycles. The minimum absolute atomic E-state index is 0.130. The number of halogens is 1. The number of carbonyl (C=O) groups excluding carboxylic acids is 1. The highest BCUT2D eigenvalue weighted by Crippen LogP contribution is 2.42. The van der Waals surface area contributed by atoms with E-state index in [-0.39, 0.29) is 17.8 Å². The van der Waals surface area contributed by atoms with E-state index in [0.29, 0.717) is 24.7 Å². The number of anilines is 1. The second-order valence-corrected chi connectivity index (χ2v) is 7.97. The summed E-state index contributed by atoms with van der Waals surface area (Å²) in [5.41, 5.74) is 4.04. The Labute approximate surface area is 176 Å². The Hall–Kier alpha value is -3.15. The van der Waals surface area contributed by atoms with Gasteiger partial charge in [0.05, 0.1) is 19.7 Å². The lowest BCUT2D eigenvalue weighted by Gasteiger charge is -2.27. The first-order valence-electron chi connectivity index (χ1n) is 10.2. The molecule has 1 fully saturated rings. The molecule has 5 nitrogen and oxygen atoms in total. The number of fused-ring (bicyclic) bond motifs is 1. The van der Waals surface area contributed by atoms with Crippen molar-refractivity contribution in [2.24, 2.45) is 10.9 Å². The van der Waals surface area contributed by atoms with Crippen LogP contribution in [0.2, 0.25) is 0 Å². The molecular formula is C24H26FN3O2. The van der Waals surface area contributed by atoms with Crippen LogP contribution >= 0.6 is 0 Å². The number of allylic oxidation sites excluding steroid dienone is 1. The largest absolute Gasteiger partial charge is 0.497 e. The Morgan fingerprint density at radius 3 is 2.50 bits per heavy atom. The summed E-state index contributed by atoms with van der Waals surface area (Å²) in [5, 5.41) is 3.50. The van der Waals surface area contributed by atoms with Gasteiger partial charge in [-0.1, -0.05) is 26.0 Å². The molecule has 30 heavy (non-hydrogen) atoms.